The van der Waals surface area contributed by atoms with Crippen LogP contribution in [0.15, 0.2) is 6.33 Å². The molecule has 2 spiro atoms. The number of aromatic amines is 1. The monoisotopic (exact) mass is 504 g/mol. The molecule has 4 fully saturated rings. The van der Waals surface area contributed by atoms with Crippen molar-refractivity contribution in [3.05, 3.63) is 23.8 Å². The Hall–Kier alpha value is -2.87. The number of urea groups is 1. The molecule has 2 amide bonds. The molecule has 15 heteroatoms. The highest BCUT2D eigenvalue weighted by Gasteiger charge is 2.58. The minimum Gasteiger partial charge on any atom is -0.323 e. The van der Waals surface area contributed by atoms with Crippen LogP contribution >= 0.6 is 0 Å². The van der Waals surface area contributed by atoms with Crippen LogP contribution in [-0.4, -0.2) is 72.0 Å². The average molecular weight is 504 g/mol. The summed E-state index contributed by atoms with van der Waals surface area (Å²) in [6, 6.07) is -0.162. The summed E-state index contributed by atoms with van der Waals surface area (Å²) in [5, 5.41) is 9.12. The van der Waals surface area contributed by atoms with E-state index in [-0.39, 0.29) is 34.6 Å². The summed E-state index contributed by atoms with van der Waals surface area (Å²) in [5.41, 5.74) is -0.0122. The van der Waals surface area contributed by atoms with Crippen molar-refractivity contribution >= 4 is 6.03 Å². The molecule has 2 aliphatic carbocycles. The molecule has 190 valence electrons. The maximum atomic E-state index is 12.8. The van der Waals surface area contributed by atoms with E-state index in [4.69, 9.17) is 0 Å². The van der Waals surface area contributed by atoms with Gasteiger partial charge in [-0.05, 0) is 31.6 Å². The highest BCUT2D eigenvalue weighted by molar-refractivity contribution is 5.77. The largest absolute Gasteiger partial charge is 0.453 e. The molecule has 2 saturated heterocycles. The van der Waals surface area contributed by atoms with E-state index < -0.39 is 24.0 Å². The first-order valence-corrected chi connectivity index (χ1v) is 11.3. The number of hydrogen-bond acceptors (Lipinski definition) is 5. The second kappa shape index (κ2) is 7.09. The first-order valence-electron chi connectivity index (χ1n) is 11.3. The van der Waals surface area contributed by atoms with Gasteiger partial charge in [-0.2, -0.15) is 26.3 Å². The lowest BCUT2D eigenvalue weighted by Crippen LogP contribution is -2.71. The Morgan fingerprint density at radius 3 is 2.03 bits per heavy atom. The molecule has 2 aliphatic heterocycles. The molecule has 0 aromatic carbocycles. The van der Waals surface area contributed by atoms with E-state index >= 15 is 0 Å². The standard InChI is InChI=1S/C20H22F6N8O/c21-19(22,23)14-27-10-34(31-14)12-4-18(5-12)8-33(9-18)16(35)32-6-17(7-32)2-11(3-17)1-13-28-15(30-29-13)20(24,25)26/h10-12H,1-9H2,(H,28,29,30). The maximum Gasteiger partial charge on any atom is 0.453 e. The molecular formula is C20H22F6N8O. The number of hydrogen-bond donors (Lipinski definition) is 1. The van der Waals surface area contributed by atoms with Crippen molar-refractivity contribution in [2.75, 3.05) is 26.2 Å². The van der Waals surface area contributed by atoms with Crippen LogP contribution in [0.1, 0.15) is 49.2 Å². The van der Waals surface area contributed by atoms with E-state index in [0.29, 0.717) is 45.4 Å². The van der Waals surface area contributed by atoms with Gasteiger partial charge in [0.2, 0.25) is 0 Å². The summed E-state index contributed by atoms with van der Waals surface area (Å²) < 4.78 is 77.2. The third-order valence-corrected chi connectivity index (χ3v) is 7.83. The highest BCUT2D eigenvalue weighted by atomic mass is 19.4. The number of carbonyl (C=O) groups excluding carboxylic acids is 1. The lowest BCUT2D eigenvalue weighted by molar-refractivity contribution is -0.146. The van der Waals surface area contributed by atoms with Crippen LogP contribution in [0.3, 0.4) is 0 Å². The quantitative estimate of drug-likeness (QED) is 0.648. The van der Waals surface area contributed by atoms with E-state index in [2.05, 4.69) is 25.3 Å². The minimum absolute atomic E-state index is 0.0293. The number of halogens is 6. The second-order valence-electron chi connectivity index (χ2n) is 10.7. The number of aromatic nitrogens is 6. The molecule has 2 aromatic rings. The first kappa shape index (κ1) is 22.6. The Morgan fingerprint density at radius 2 is 1.51 bits per heavy atom. The van der Waals surface area contributed by atoms with Crippen molar-refractivity contribution < 1.29 is 31.1 Å². The molecule has 0 atom stereocenters. The SMILES string of the molecule is O=C(N1CC2(CC(Cc3nc(C(F)(F)F)n[nH]3)C2)C1)N1CC2(CC(n3cnc(C(F)(F)F)n3)C2)C1. The van der Waals surface area contributed by atoms with Gasteiger partial charge in [-0.1, -0.05) is 0 Å². The van der Waals surface area contributed by atoms with Crippen LogP contribution in [0, 0.1) is 16.7 Å². The van der Waals surface area contributed by atoms with Crippen molar-refractivity contribution in [3.8, 4) is 0 Å². The molecule has 35 heavy (non-hydrogen) atoms. The summed E-state index contributed by atoms with van der Waals surface area (Å²) in [6.07, 6.45) is -4.59. The molecule has 2 aromatic heterocycles. The summed E-state index contributed by atoms with van der Waals surface area (Å²) in [7, 11) is 0. The minimum atomic E-state index is -4.56. The molecule has 6 rings (SSSR count). The number of amides is 2. The van der Waals surface area contributed by atoms with Gasteiger partial charge in [0.25, 0.3) is 11.6 Å². The molecule has 4 aliphatic rings. The van der Waals surface area contributed by atoms with E-state index in [1.165, 1.54) is 4.68 Å². The summed E-state index contributed by atoms with van der Waals surface area (Å²) >= 11 is 0. The van der Waals surface area contributed by atoms with Crippen molar-refractivity contribution in [2.24, 2.45) is 16.7 Å². The molecule has 0 unspecified atom stereocenters. The van der Waals surface area contributed by atoms with Crippen molar-refractivity contribution in [2.45, 2.75) is 50.5 Å². The van der Waals surface area contributed by atoms with Gasteiger partial charge in [-0.3, -0.25) is 5.10 Å². The number of nitrogens with one attached hydrogen (secondary N) is 1. The number of likely N-dealkylation sites (tertiary alicyclic amines) is 2. The number of carbonyl (C=O) groups is 1. The Labute approximate surface area is 194 Å². The fourth-order valence-corrected chi connectivity index (χ4v) is 6.32. The van der Waals surface area contributed by atoms with Crippen LogP contribution < -0.4 is 0 Å². The molecule has 4 heterocycles. The van der Waals surface area contributed by atoms with Crippen LogP contribution in [0.2, 0.25) is 0 Å². The molecule has 0 bridgehead atoms. The summed E-state index contributed by atoms with van der Waals surface area (Å²) in [4.78, 5) is 23.2. The van der Waals surface area contributed by atoms with E-state index in [1.807, 2.05) is 0 Å². The zero-order chi connectivity index (χ0) is 24.8. The number of nitrogens with zero attached hydrogens (tertiary/aromatic N) is 7. The van der Waals surface area contributed by atoms with Crippen molar-refractivity contribution in [1.82, 2.24) is 39.7 Å². The van der Waals surface area contributed by atoms with Crippen LogP contribution in [0.25, 0.3) is 0 Å². The fraction of sp³-hybridized carbons (Fsp3) is 0.750. The Bertz CT molecular complexity index is 1130. The first-order chi connectivity index (χ1) is 16.3. The normalized spacial score (nSPS) is 23.7. The zero-order valence-electron chi connectivity index (χ0n) is 18.4. The van der Waals surface area contributed by atoms with Gasteiger partial charge >= 0.3 is 18.4 Å². The van der Waals surface area contributed by atoms with E-state index in [0.717, 1.165) is 19.2 Å². The molecule has 1 N–H and O–H groups in total. The third-order valence-electron chi connectivity index (χ3n) is 7.83. The summed E-state index contributed by atoms with van der Waals surface area (Å²) in [6.45, 7) is 2.44. The lowest BCUT2D eigenvalue weighted by Gasteiger charge is -2.63. The van der Waals surface area contributed by atoms with Gasteiger partial charge in [-0.15, -0.1) is 10.2 Å². The number of alkyl halides is 6. The Morgan fingerprint density at radius 1 is 0.943 bits per heavy atom. The van der Waals surface area contributed by atoms with Gasteiger partial charge in [0.1, 0.15) is 12.2 Å². The average Bonchev–Trinajstić information content (AvgIpc) is 3.29. The highest BCUT2D eigenvalue weighted by Crippen LogP contribution is 2.56. The van der Waals surface area contributed by atoms with Crippen LogP contribution in [0.4, 0.5) is 31.1 Å². The molecule has 9 nitrogen and oxygen atoms in total. The van der Waals surface area contributed by atoms with Gasteiger partial charge in [0.05, 0.1) is 6.04 Å². The van der Waals surface area contributed by atoms with Crippen molar-refractivity contribution in [1.29, 1.82) is 0 Å². The molecule has 2 saturated carbocycles. The molecular weight excluding hydrogens is 482 g/mol. The third kappa shape index (κ3) is 3.82. The fourth-order valence-electron chi connectivity index (χ4n) is 6.32. The van der Waals surface area contributed by atoms with Crippen LogP contribution in [-0.2, 0) is 18.8 Å². The maximum absolute atomic E-state index is 12.8. The van der Waals surface area contributed by atoms with Gasteiger partial charge < -0.3 is 9.80 Å². The van der Waals surface area contributed by atoms with Gasteiger partial charge in [0, 0.05) is 43.4 Å². The Kier molecular flexibility index (Phi) is 4.58. The van der Waals surface area contributed by atoms with Crippen molar-refractivity contribution in [3.63, 3.8) is 0 Å². The number of rotatable bonds is 3. The zero-order valence-corrected chi connectivity index (χ0v) is 18.4. The number of H-pyrrole nitrogens is 1. The predicted molar refractivity (Wildman–Crippen MR) is 105 cm³/mol. The van der Waals surface area contributed by atoms with E-state index in [1.54, 1.807) is 9.80 Å². The predicted octanol–water partition coefficient (Wildman–Crippen LogP) is 3.15. The molecule has 0 radical (unpaired) electrons. The van der Waals surface area contributed by atoms with E-state index in [9.17, 15) is 31.1 Å². The second-order valence-corrected chi connectivity index (χ2v) is 10.7. The Balaban J connectivity index is 0.926. The summed E-state index contributed by atoms with van der Waals surface area (Å²) in [5.74, 6) is -1.84. The van der Waals surface area contributed by atoms with Crippen LogP contribution in [0.5, 0.6) is 0 Å². The topological polar surface area (TPSA) is 95.8 Å². The smallest absolute Gasteiger partial charge is 0.323 e. The van der Waals surface area contributed by atoms with Gasteiger partial charge in [-0.25, -0.2) is 19.4 Å². The van der Waals surface area contributed by atoms with Gasteiger partial charge in [0.15, 0.2) is 0 Å². The lowest BCUT2D eigenvalue weighted by atomic mass is 9.57.